The summed E-state index contributed by atoms with van der Waals surface area (Å²) in [6.07, 6.45) is 1.36. The molecule has 0 amide bonds. The summed E-state index contributed by atoms with van der Waals surface area (Å²) >= 11 is 6.17. The number of hydrogen-bond acceptors (Lipinski definition) is 3. The molecule has 2 bridgehead atoms. The lowest BCUT2D eigenvalue weighted by molar-refractivity contribution is -0.0668. The number of piperidine rings is 1. The van der Waals surface area contributed by atoms with Crippen LogP contribution in [-0.2, 0) is 6.54 Å². The minimum absolute atomic E-state index is 0.706. The van der Waals surface area contributed by atoms with Crippen LogP contribution < -0.4 is 4.74 Å². The number of benzene rings is 1. The molecule has 18 heavy (non-hydrogen) atoms. The third kappa shape index (κ3) is 2.11. The number of fused-ring (bicyclic) bond motifs is 2. The first-order valence-electron chi connectivity index (χ1n) is 6.44. The summed E-state index contributed by atoms with van der Waals surface area (Å²) in [5.41, 5.74) is 1.28. The van der Waals surface area contributed by atoms with Gasteiger partial charge in [-0.05, 0) is 31.2 Å². The number of ether oxygens (including phenoxy) is 1. The highest BCUT2D eigenvalue weighted by molar-refractivity contribution is 6.32. The zero-order valence-electron chi connectivity index (χ0n) is 10.9. The first-order valence-corrected chi connectivity index (χ1v) is 6.82. The Balaban J connectivity index is 1.69. The zero-order valence-corrected chi connectivity index (χ0v) is 11.7. The van der Waals surface area contributed by atoms with Gasteiger partial charge in [-0.3, -0.25) is 4.90 Å². The van der Waals surface area contributed by atoms with E-state index in [0.29, 0.717) is 5.02 Å². The number of halogens is 1. The fourth-order valence-electron chi connectivity index (χ4n) is 3.18. The van der Waals surface area contributed by atoms with E-state index in [0.717, 1.165) is 24.4 Å². The van der Waals surface area contributed by atoms with Gasteiger partial charge >= 0.3 is 0 Å². The van der Waals surface area contributed by atoms with Gasteiger partial charge in [0.05, 0.1) is 12.1 Å². The van der Waals surface area contributed by atoms with E-state index in [-0.39, 0.29) is 0 Å². The van der Waals surface area contributed by atoms with Gasteiger partial charge in [-0.25, -0.2) is 0 Å². The fourth-order valence-corrected chi connectivity index (χ4v) is 3.46. The van der Waals surface area contributed by atoms with Gasteiger partial charge in [0.25, 0.3) is 0 Å². The Morgan fingerprint density at radius 1 is 1.33 bits per heavy atom. The molecule has 0 spiro atoms. The maximum Gasteiger partial charge on any atom is 0.137 e. The van der Waals surface area contributed by atoms with Crippen LogP contribution in [0.25, 0.3) is 0 Å². The minimum atomic E-state index is 0.706. The Morgan fingerprint density at radius 3 is 2.67 bits per heavy atom. The summed E-state index contributed by atoms with van der Waals surface area (Å²) in [7, 11) is 3.86. The second-order valence-electron chi connectivity index (χ2n) is 5.41. The molecule has 0 radical (unpaired) electrons. The van der Waals surface area contributed by atoms with Gasteiger partial charge in [-0.15, -0.1) is 0 Å². The standard InChI is InChI=1S/C14H19ClN2O/c1-16-8-11-6-12(9-16)17(11)7-10-3-4-14(18-2)13(15)5-10/h3-5,11-12H,6-9H2,1-2H3. The van der Waals surface area contributed by atoms with Crippen molar-refractivity contribution in [3.63, 3.8) is 0 Å². The van der Waals surface area contributed by atoms with E-state index in [9.17, 15) is 0 Å². The number of nitrogens with zero attached hydrogens (tertiary/aromatic N) is 2. The van der Waals surface area contributed by atoms with Crippen molar-refractivity contribution in [3.8, 4) is 5.75 Å². The van der Waals surface area contributed by atoms with Crippen LogP contribution in [-0.4, -0.2) is 49.1 Å². The average molecular weight is 267 g/mol. The Kier molecular flexibility index (Phi) is 3.22. The maximum atomic E-state index is 6.17. The zero-order chi connectivity index (χ0) is 12.7. The lowest BCUT2D eigenvalue weighted by Gasteiger charge is -2.56. The third-order valence-corrected chi connectivity index (χ3v) is 4.40. The largest absolute Gasteiger partial charge is 0.495 e. The van der Waals surface area contributed by atoms with Crippen LogP contribution in [0.15, 0.2) is 18.2 Å². The molecule has 2 heterocycles. The smallest absolute Gasteiger partial charge is 0.137 e. The van der Waals surface area contributed by atoms with Crippen LogP contribution in [0.2, 0.25) is 5.02 Å². The Labute approximate surface area is 113 Å². The number of likely N-dealkylation sites (N-methyl/N-ethyl adjacent to an activating group) is 1. The summed E-state index contributed by atoms with van der Waals surface area (Å²) in [6.45, 7) is 3.40. The first kappa shape index (κ1) is 12.3. The van der Waals surface area contributed by atoms with E-state index in [4.69, 9.17) is 16.3 Å². The molecule has 0 aliphatic carbocycles. The highest BCUT2D eigenvalue weighted by atomic mass is 35.5. The Morgan fingerprint density at radius 2 is 2.06 bits per heavy atom. The Bertz CT molecular complexity index is 439. The number of hydrogen-bond donors (Lipinski definition) is 0. The van der Waals surface area contributed by atoms with Crippen molar-refractivity contribution >= 4 is 11.6 Å². The number of rotatable bonds is 3. The van der Waals surface area contributed by atoms with Gasteiger partial charge in [0.15, 0.2) is 0 Å². The monoisotopic (exact) mass is 266 g/mol. The molecule has 2 fully saturated rings. The lowest BCUT2D eigenvalue weighted by atomic mass is 9.87. The van der Waals surface area contributed by atoms with E-state index in [1.165, 1.54) is 25.1 Å². The number of methoxy groups -OCH3 is 1. The van der Waals surface area contributed by atoms with Crippen LogP contribution in [0.1, 0.15) is 12.0 Å². The number of likely N-dealkylation sites (tertiary alicyclic amines) is 2. The first-order chi connectivity index (χ1) is 8.67. The van der Waals surface area contributed by atoms with Gasteiger partial charge in [-0.1, -0.05) is 17.7 Å². The van der Waals surface area contributed by atoms with Crippen molar-refractivity contribution < 1.29 is 4.74 Å². The van der Waals surface area contributed by atoms with E-state index in [1.807, 2.05) is 12.1 Å². The van der Waals surface area contributed by atoms with Gasteiger partial charge in [-0.2, -0.15) is 0 Å². The van der Waals surface area contributed by atoms with Crippen molar-refractivity contribution in [2.75, 3.05) is 27.2 Å². The van der Waals surface area contributed by atoms with Crippen molar-refractivity contribution in [2.45, 2.75) is 25.0 Å². The summed E-state index contributed by atoms with van der Waals surface area (Å²) in [5, 5.41) is 0.706. The van der Waals surface area contributed by atoms with Crippen LogP contribution in [0, 0.1) is 0 Å². The van der Waals surface area contributed by atoms with E-state index < -0.39 is 0 Å². The van der Waals surface area contributed by atoms with E-state index in [2.05, 4.69) is 22.9 Å². The van der Waals surface area contributed by atoms with Crippen LogP contribution >= 0.6 is 11.6 Å². The molecule has 3 rings (SSSR count). The van der Waals surface area contributed by atoms with Crippen molar-refractivity contribution in [2.24, 2.45) is 0 Å². The molecule has 98 valence electrons. The maximum absolute atomic E-state index is 6.17. The predicted molar refractivity (Wildman–Crippen MR) is 73.2 cm³/mol. The lowest BCUT2D eigenvalue weighted by Crippen LogP contribution is -2.67. The molecule has 2 aliphatic heterocycles. The highest BCUT2D eigenvalue weighted by Crippen LogP contribution is 2.34. The molecule has 0 N–H and O–H groups in total. The van der Waals surface area contributed by atoms with Crippen LogP contribution in [0.3, 0.4) is 0 Å². The van der Waals surface area contributed by atoms with Crippen LogP contribution in [0.4, 0.5) is 0 Å². The highest BCUT2D eigenvalue weighted by Gasteiger charge is 2.43. The number of piperazine rings is 1. The summed E-state index contributed by atoms with van der Waals surface area (Å²) in [5.74, 6) is 0.754. The second-order valence-corrected chi connectivity index (χ2v) is 5.81. The van der Waals surface area contributed by atoms with Crippen molar-refractivity contribution in [1.29, 1.82) is 0 Å². The topological polar surface area (TPSA) is 15.7 Å². The summed E-state index contributed by atoms with van der Waals surface area (Å²) in [4.78, 5) is 5.02. The van der Waals surface area contributed by atoms with E-state index in [1.54, 1.807) is 7.11 Å². The summed E-state index contributed by atoms with van der Waals surface area (Å²) < 4.78 is 5.18. The van der Waals surface area contributed by atoms with E-state index >= 15 is 0 Å². The molecule has 2 saturated heterocycles. The van der Waals surface area contributed by atoms with Gasteiger partial charge < -0.3 is 9.64 Å². The fraction of sp³-hybridized carbons (Fsp3) is 0.571. The molecule has 2 unspecified atom stereocenters. The molecule has 0 saturated carbocycles. The van der Waals surface area contributed by atoms with Crippen molar-refractivity contribution in [3.05, 3.63) is 28.8 Å². The molecule has 1 aromatic carbocycles. The third-order valence-electron chi connectivity index (χ3n) is 4.11. The summed E-state index contributed by atoms with van der Waals surface area (Å²) in [6, 6.07) is 7.56. The average Bonchev–Trinajstić information content (AvgIpc) is 2.36. The van der Waals surface area contributed by atoms with Crippen LogP contribution in [0.5, 0.6) is 5.75 Å². The molecule has 3 nitrogen and oxygen atoms in total. The Hall–Kier alpha value is -0.770. The van der Waals surface area contributed by atoms with Gasteiger partial charge in [0.2, 0.25) is 0 Å². The van der Waals surface area contributed by atoms with Crippen molar-refractivity contribution in [1.82, 2.24) is 9.80 Å². The predicted octanol–water partition coefficient (Wildman–Crippen LogP) is 2.24. The quantitative estimate of drug-likeness (QED) is 0.835. The molecular formula is C14H19ClN2O. The van der Waals surface area contributed by atoms with Gasteiger partial charge in [0.1, 0.15) is 5.75 Å². The normalized spacial score (nSPS) is 27.9. The molecule has 2 atom stereocenters. The molecule has 4 heteroatoms. The minimum Gasteiger partial charge on any atom is -0.495 e. The molecular weight excluding hydrogens is 248 g/mol. The molecule has 0 aromatic heterocycles. The molecule has 2 aliphatic rings. The molecule has 1 aromatic rings. The van der Waals surface area contributed by atoms with Gasteiger partial charge in [0, 0.05) is 31.7 Å². The second kappa shape index (κ2) is 4.72. The SMILES string of the molecule is COc1ccc(CN2C3CC2CN(C)C3)cc1Cl.